The van der Waals surface area contributed by atoms with E-state index in [1.807, 2.05) is 31.2 Å². The lowest BCUT2D eigenvalue weighted by Crippen LogP contribution is -2.01. The van der Waals surface area contributed by atoms with Crippen molar-refractivity contribution in [1.29, 1.82) is 0 Å². The zero-order valence-corrected chi connectivity index (χ0v) is 36.3. The summed E-state index contributed by atoms with van der Waals surface area (Å²) in [5, 5.41) is 4.67. The lowest BCUT2D eigenvalue weighted by molar-refractivity contribution is 0.490. The number of halogens is 2. The monoisotopic (exact) mass is 822 g/mol. The van der Waals surface area contributed by atoms with Gasteiger partial charge in [-0.3, -0.25) is 0 Å². The van der Waals surface area contributed by atoms with Crippen molar-refractivity contribution in [1.82, 2.24) is 0 Å². The van der Waals surface area contributed by atoms with E-state index < -0.39 is 16.5 Å². The maximum Gasteiger partial charge on any atom is 0.453 e. The van der Waals surface area contributed by atoms with Crippen LogP contribution in [0.3, 0.4) is 0 Å². The van der Waals surface area contributed by atoms with Crippen LogP contribution in [0, 0.1) is 69.2 Å². The quantitative estimate of drug-likeness (QED) is 0.172. The first-order valence-electron chi connectivity index (χ1n) is 18.4. The Morgan fingerprint density at radius 3 is 1.21 bits per heavy atom. The Kier molecular flexibility index (Phi) is 10.0. The summed E-state index contributed by atoms with van der Waals surface area (Å²) in [6, 6.07) is 23.8. The number of fused-ring (bicyclic) bond motifs is 6. The van der Waals surface area contributed by atoms with Crippen LogP contribution < -0.4 is 9.05 Å². The van der Waals surface area contributed by atoms with Crippen LogP contribution >= 0.6 is 39.7 Å². The van der Waals surface area contributed by atoms with Gasteiger partial charge >= 0.3 is 16.5 Å². The van der Waals surface area contributed by atoms with Gasteiger partial charge in [0.1, 0.15) is 33.8 Å². The molecule has 0 aliphatic heterocycles. The Morgan fingerprint density at radius 1 is 0.411 bits per heavy atom. The van der Waals surface area contributed by atoms with E-state index in [-0.39, 0.29) is 0 Å². The van der Waals surface area contributed by atoms with Gasteiger partial charge in [0.15, 0.2) is 0 Å². The molecule has 0 bridgehead atoms. The second-order valence-corrected chi connectivity index (χ2v) is 17.7. The molecule has 0 spiro atoms. The Morgan fingerprint density at radius 2 is 0.804 bits per heavy atom. The molecule has 8 aromatic rings. The number of rotatable bonds is 5. The van der Waals surface area contributed by atoms with E-state index in [4.69, 9.17) is 49.0 Å². The Balaban J connectivity index is 1.39. The molecule has 6 nitrogen and oxygen atoms in total. The van der Waals surface area contributed by atoms with Crippen LogP contribution in [-0.4, -0.2) is 0 Å². The molecule has 6 aromatic carbocycles. The van der Waals surface area contributed by atoms with E-state index in [0.717, 1.165) is 99.5 Å². The predicted octanol–water partition coefficient (Wildman–Crippen LogP) is 16.6. The highest BCUT2D eigenvalue weighted by Gasteiger charge is 2.26. The van der Waals surface area contributed by atoms with Gasteiger partial charge in [0.25, 0.3) is 0 Å². The molecule has 0 atom stereocenters. The first kappa shape index (κ1) is 38.2. The molecule has 56 heavy (non-hydrogen) atoms. The van der Waals surface area contributed by atoms with Gasteiger partial charge in [0.2, 0.25) is 0 Å². The molecule has 0 amide bonds. The van der Waals surface area contributed by atoms with Gasteiger partial charge in [0, 0.05) is 42.7 Å². The highest BCUT2D eigenvalue weighted by molar-refractivity contribution is 7.32. The summed E-state index contributed by atoms with van der Waals surface area (Å²) in [7, 11) is -3.98. The standard InChI is InChI=1S/C46H42Cl2O6P2/c1-23-15-27(5)43-37(17-23)38-18-24(2)16-28(6)44(38)52-56(51-43)54-46-30(8)20-26(4)32(10)42(46)41-31(9)25(3)19-29(7)45(41)53-55-49-39-13-11-33(47)21-35(39)36-22-34(48)12-14-40(36)50-55/h11-22H,1-10H3. The van der Waals surface area contributed by atoms with E-state index in [1.165, 1.54) is 0 Å². The third kappa shape index (κ3) is 6.88. The molecular weight excluding hydrogens is 781 g/mol. The molecule has 10 heteroatoms. The second-order valence-electron chi connectivity index (χ2n) is 14.9. The fourth-order valence-corrected chi connectivity index (χ4v) is 10.4. The molecule has 0 aliphatic carbocycles. The van der Waals surface area contributed by atoms with E-state index in [0.29, 0.717) is 32.7 Å². The second kappa shape index (κ2) is 14.7. The minimum Gasteiger partial charge on any atom is -0.390 e. The van der Waals surface area contributed by atoms with E-state index in [9.17, 15) is 0 Å². The molecule has 286 valence electrons. The van der Waals surface area contributed by atoms with Crippen molar-refractivity contribution >= 4 is 83.6 Å². The number of hydrogen-bond acceptors (Lipinski definition) is 6. The topological polar surface area (TPSA) is 71.0 Å². The lowest BCUT2D eigenvalue weighted by atomic mass is 9.87. The normalized spacial score (nSPS) is 11.6. The van der Waals surface area contributed by atoms with Crippen molar-refractivity contribution in [3.8, 4) is 22.6 Å². The summed E-state index contributed by atoms with van der Waals surface area (Å²) in [6.07, 6.45) is 0. The highest BCUT2D eigenvalue weighted by atomic mass is 35.5. The average molecular weight is 824 g/mol. The summed E-state index contributed by atoms with van der Waals surface area (Å²) in [4.78, 5) is 0. The Hall–Kier alpha value is -4.70. The van der Waals surface area contributed by atoms with Crippen molar-refractivity contribution < 1.29 is 25.8 Å². The molecule has 8 rings (SSSR count). The van der Waals surface area contributed by atoms with E-state index >= 15 is 0 Å². The predicted molar refractivity (Wildman–Crippen MR) is 234 cm³/mol. The molecule has 2 aromatic heterocycles. The van der Waals surface area contributed by atoms with Crippen LogP contribution in [-0.2, 0) is 0 Å². The SMILES string of the molecule is Cc1cc(C)c2op(Oc3c(C)cc(C)c(C)c3-c3c(C)c(C)cc(C)c3Op3oc4ccc(Cl)cc4c4cc(Cl)ccc4o3)oc3c(C)cc(C)cc3c2c1. The molecule has 2 heterocycles. The van der Waals surface area contributed by atoms with Gasteiger partial charge in [0.05, 0.1) is 0 Å². The van der Waals surface area contributed by atoms with Gasteiger partial charge in [-0.2, -0.15) is 0 Å². The molecular formula is C46H42Cl2O6P2. The molecule has 0 saturated heterocycles. The van der Waals surface area contributed by atoms with Crippen molar-refractivity contribution in [2.24, 2.45) is 0 Å². The maximum absolute atomic E-state index is 7.07. The number of aryl methyl sites for hydroxylation is 8. The van der Waals surface area contributed by atoms with Crippen LogP contribution in [0.25, 0.3) is 55.0 Å². The minimum absolute atomic E-state index is 0.571. The molecule has 0 fully saturated rings. The molecule has 0 saturated carbocycles. The average Bonchev–Trinajstić information content (AvgIpc) is 3.38. The molecule has 0 unspecified atom stereocenters. The Bertz CT molecular complexity index is 2880. The molecule has 0 radical (unpaired) electrons. The minimum atomic E-state index is -2.01. The van der Waals surface area contributed by atoms with Gasteiger partial charge in [-0.1, -0.05) is 47.5 Å². The van der Waals surface area contributed by atoms with Crippen LogP contribution in [0.5, 0.6) is 11.5 Å². The molecule has 0 aliphatic rings. The van der Waals surface area contributed by atoms with Crippen LogP contribution in [0.1, 0.15) is 55.6 Å². The van der Waals surface area contributed by atoms with E-state index in [1.54, 1.807) is 12.1 Å². The van der Waals surface area contributed by atoms with Crippen molar-refractivity contribution in [2.45, 2.75) is 69.2 Å². The molecule has 0 N–H and O–H groups in total. The van der Waals surface area contributed by atoms with Crippen molar-refractivity contribution in [3.05, 3.63) is 138 Å². The summed E-state index contributed by atoms with van der Waals surface area (Å²) in [5.41, 5.74) is 15.0. The summed E-state index contributed by atoms with van der Waals surface area (Å²) in [5.74, 6) is 1.29. The van der Waals surface area contributed by atoms with Gasteiger partial charge < -0.3 is 25.8 Å². The third-order valence-corrected chi connectivity index (χ3v) is 13.0. The third-order valence-electron chi connectivity index (χ3n) is 10.5. The maximum atomic E-state index is 7.07. The van der Waals surface area contributed by atoms with Crippen LogP contribution in [0.15, 0.2) is 89.6 Å². The largest absolute Gasteiger partial charge is 0.453 e. The van der Waals surface area contributed by atoms with Crippen LogP contribution in [0.2, 0.25) is 10.0 Å². The number of hydrogen-bond donors (Lipinski definition) is 0. The fraction of sp³-hybridized carbons (Fsp3) is 0.217. The van der Waals surface area contributed by atoms with Gasteiger partial charge in [-0.05, 0) is 173 Å². The lowest BCUT2D eigenvalue weighted by Gasteiger charge is -2.22. The smallest absolute Gasteiger partial charge is 0.390 e. The Labute approximate surface area is 338 Å². The van der Waals surface area contributed by atoms with Crippen LogP contribution in [0.4, 0.5) is 0 Å². The summed E-state index contributed by atoms with van der Waals surface area (Å²) in [6.45, 7) is 20.9. The first-order chi connectivity index (χ1) is 26.7. The summed E-state index contributed by atoms with van der Waals surface area (Å²) >= 11 is 12.9. The zero-order valence-electron chi connectivity index (χ0n) is 33.0. The highest BCUT2D eigenvalue weighted by Crippen LogP contribution is 2.51. The summed E-state index contributed by atoms with van der Waals surface area (Å²) < 4.78 is 40.7. The van der Waals surface area contributed by atoms with Crippen molar-refractivity contribution in [2.75, 3.05) is 0 Å². The number of benzene rings is 6. The van der Waals surface area contributed by atoms with Crippen molar-refractivity contribution in [3.63, 3.8) is 0 Å². The van der Waals surface area contributed by atoms with Gasteiger partial charge in [-0.15, -0.1) is 0 Å². The zero-order chi connectivity index (χ0) is 39.7. The first-order valence-corrected chi connectivity index (χ1v) is 21.3. The van der Waals surface area contributed by atoms with E-state index in [2.05, 4.69) is 98.7 Å². The fourth-order valence-electron chi connectivity index (χ4n) is 7.67. The van der Waals surface area contributed by atoms with Gasteiger partial charge in [-0.25, -0.2) is 0 Å².